The average molecular weight is 277 g/mol. The van der Waals surface area contributed by atoms with Gasteiger partial charge in [-0.05, 0) is 31.4 Å². The number of hydrogen-bond donors (Lipinski definition) is 3. The quantitative estimate of drug-likeness (QED) is 0.790. The fraction of sp³-hybridized carbons (Fsp3) is 0.500. The van der Waals surface area contributed by atoms with Gasteiger partial charge in [0.15, 0.2) is 0 Å². The SMILES string of the molecule is Cc1ccncc1NC(=O)NC1(C(=O)O)CCCCC1. The van der Waals surface area contributed by atoms with E-state index in [1.807, 2.05) is 6.92 Å². The van der Waals surface area contributed by atoms with Crippen LogP contribution in [0.2, 0.25) is 0 Å². The summed E-state index contributed by atoms with van der Waals surface area (Å²) in [5.74, 6) is -0.963. The summed E-state index contributed by atoms with van der Waals surface area (Å²) in [6.07, 6.45) is 6.78. The molecule has 0 aliphatic heterocycles. The Kier molecular flexibility index (Phi) is 4.22. The molecule has 6 heteroatoms. The number of aryl methyl sites for hydroxylation is 1. The van der Waals surface area contributed by atoms with Gasteiger partial charge in [-0.25, -0.2) is 9.59 Å². The number of carboxylic acid groups (broad SMARTS) is 1. The van der Waals surface area contributed by atoms with Crippen molar-refractivity contribution in [2.45, 2.75) is 44.6 Å². The average Bonchev–Trinajstić information content (AvgIpc) is 2.42. The van der Waals surface area contributed by atoms with Crippen LogP contribution in [0.1, 0.15) is 37.7 Å². The van der Waals surface area contributed by atoms with E-state index in [-0.39, 0.29) is 0 Å². The molecule has 1 aromatic rings. The molecular formula is C14H19N3O3. The van der Waals surface area contributed by atoms with E-state index in [1.54, 1.807) is 18.5 Å². The van der Waals surface area contributed by atoms with E-state index < -0.39 is 17.5 Å². The molecule has 2 rings (SSSR count). The zero-order valence-corrected chi connectivity index (χ0v) is 11.5. The Balaban J connectivity index is 2.06. The molecule has 0 radical (unpaired) electrons. The number of aromatic nitrogens is 1. The summed E-state index contributed by atoms with van der Waals surface area (Å²) in [5.41, 5.74) is 0.322. The standard InChI is InChI=1S/C14H19N3O3/c1-10-5-8-15-9-11(10)16-13(20)17-14(12(18)19)6-3-2-4-7-14/h5,8-9H,2-4,6-7H2,1H3,(H,18,19)(H2,16,17,20). The third-order valence-electron chi connectivity index (χ3n) is 3.76. The highest BCUT2D eigenvalue weighted by Crippen LogP contribution is 2.28. The topological polar surface area (TPSA) is 91.3 Å². The first-order valence-corrected chi connectivity index (χ1v) is 6.77. The summed E-state index contributed by atoms with van der Waals surface area (Å²) in [6.45, 7) is 1.85. The first kappa shape index (κ1) is 14.3. The second-order valence-electron chi connectivity index (χ2n) is 5.22. The van der Waals surface area contributed by atoms with Crippen molar-refractivity contribution in [1.82, 2.24) is 10.3 Å². The van der Waals surface area contributed by atoms with Crippen LogP contribution < -0.4 is 10.6 Å². The number of carbonyl (C=O) groups is 2. The van der Waals surface area contributed by atoms with Gasteiger partial charge in [-0.2, -0.15) is 0 Å². The van der Waals surface area contributed by atoms with E-state index in [0.29, 0.717) is 18.5 Å². The summed E-state index contributed by atoms with van der Waals surface area (Å²) in [4.78, 5) is 27.4. The molecule has 0 spiro atoms. The molecule has 2 amide bonds. The summed E-state index contributed by atoms with van der Waals surface area (Å²) in [6, 6.07) is 1.29. The largest absolute Gasteiger partial charge is 0.480 e. The van der Waals surface area contributed by atoms with Crippen molar-refractivity contribution in [3.63, 3.8) is 0 Å². The maximum atomic E-state index is 12.0. The van der Waals surface area contributed by atoms with Crippen LogP contribution in [0.3, 0.4) is 0 Å². The van der Waals surface area contributed by atoms with Gasteiger partial charge in [0.2, 0.25) is 0 Å². The van der Waals surface area contributed by atoms with Gasteiger partial charge in [0.1, 0.15) is 5.54 Å². The molecule has 0 unspecified atom stereocenters. The molecule has 1 fully saturated rings. The zero-order chi connectivity index (χ0) is 14.6. The monoisotopic (exact) mass is 277 g/mol. The number of carbonyl (C=O) groups excluding carboxylic acids is 1. The Hall–Kier alpha value is -2.11. The van der Waals surface area contributed by atoms with Gasteiger partial charge in [0.05, 0.1) is 11.9 Å². The molecule has 1 aromatic heterocycles. The Bertz CT molecular complexity index is 510. The number of aliphatic carboxylic acids is 1. The van der Waals surface area contributed by atoms with Crippen molar-refractivity contribution in [3.05, 3.63) is 24.0 Å². The molecule has 20 heavy (non-hydrogen) atoms. The van der Waals surface area contributed by atoms with Crippen molar-refractivity contribution in [2.75, 3.05) is 5.32 Å². The molecule has 6 nitrogen and oxygen atoms in total. The van der Waals surface area contributed by atoms with Crippen molar-refractivity contribution < 1.29 is 14.7 Å². The molecule has 0 saturated heterocycles. The van der Waals surface area contributed by atoms with Gasteiger partial charge in [-0.15, -0.1) is 0 Å². The fourth-order valence-electron chi connectivity index (χ4n) is 2.51. The lowest BCUT2D eigenvalue weighted by Gasteiger charge is -2.33. The molecule has 1 saturated carbocycles. The van der Waals surface area contributed by atoms with Gasteiger partial charge >= 0.3 is 12.0 Å². The van der Waals surface area contributed by atoms with Gasteiger partial charge in [0, 0.05) is 6.20 Å². The van der Waals surface area contributed by atoms with E-state index in [2.05, 4.69) is 15.6 Å². The molecule has 0 aromatic carbocycles. The summed E-state index contributed by atoms with van der Waals surface area (Å²) >= 11 is 0. The first-order chi connectivity index (χ1) is 9.53. The van der Waals surface area contributed by atoms with E-state index >= 15 is 0 Å². The van der Waals surface area contributed by atoms with E-state index in [0.717, 1.165) is 24.8 Å². The lowest BCUT2D eigenvalue weighted by molar-refractivity contribution is -0.145. The Morgan fingerprint density at radius 1 is 1.30 bits per heavy atom. The highest BCUT2D eigenvalue weighted by atomic mass is 16.4. The Morgan fingerprint density at radius 2 is 2.00 bits per heavy atom. The molecule has 3 N–H and O–H groups in total. The molecule has 1 aliphatic carbocycles. The summed E-state index contributed by atoms with van der Waals surface area (Å²) < 4.78 is 0. The van der Waals surface area contributed by atoms with Crippen molar-refractivity contribution in [3.8, 4) is 0 Å². The number of carboxylic acids is 1. The van der Waals surface area contributed by atoms with Crippen molar-refractivity contribution >= 4 is 17.7 Å². The summed E-state index contributed by atoms with van der Waals surface area (Å²) in [5, 5.41) is 14.7. The molecular weight excluding hydrogens is 258 g/mol. The molecule has 1 aliphatic rings. The molecule has 0 atom stereocenters. The van der Waals surface area contributed by atoms with Crippen LogP contribution in [0.15, 0.2) is 18.5 Å². The maximum Gasteiger partial charge on any atom is 0.329 e. The van der Waals surface area contributed by atoms with Gasteiger partial charge in [-0.3, -0.25) is 4.98 Å². The minimum atomic E-state index is -1.14. The van der Waals surface area contributed by atoms with Gasteiger partial charge in [0.25, 0.3) is 0 Å². The number of nitrogens with one attached hydrogen (secondary N) is 2. The third kappa shape index (κ3) is 3.07. The van der Waals surface area contributed by atoms with Crippen molar-refractivity contribution in [1.29, 1.82) is 0 Å². The van der Waals surface area contributed by atoms with Crippen LogP contribution in [-0.4, -0.2) is 27.6 Å². The number of pyridine rings is 1. The molecule has 1 heterocycles. The second kappa shape index (κ2) is 5.90. The Labute approximate surface area is 117 Å². The predicted molar refractivity (Wildman–Crippen MR) is 74.6 cm³/mol. The normalized spacial score (nSPS) is 17.2. The van der Waals surface area contributed by atoms with Crippen LogP contribution in [0.4, 0.5) is 10.5 Å². The molecule has 108 valence electrons. The number of nitrogens with zero attached hydrogens (tertiary/aromatic N) is 1. The number of amides is 2. The minimum Gasteiger partial charge on any atom is -0.480 e. The lowest BCUT2D eigenvalue weighted by Crippen LogP contribution is -2.56. The number of hydrogen-bond acceptors (Lipinski definition) is 3. The van der Waals surface area contributed by atoms with Crippen LogP contribution in [0.25, 0.3) is 0 Å². The third-order valence-corrected chi connectivity index (χ3v) is 3.76. The first-order valence-electron chi connectivity index (χ1n) is 6.77. The number of urea groups is 1. The second-order valence-corrected chi connectivity index (χ2v) is 5.22. The van der Waals surface area contributed by atoms with Crippen LogP contribution in [0, 0.1) is 6.92 Å². The summed E-state index contributed by atoms with van der Waals surface area (Å²) in [7, 11) is 0. The smallest absolute Gasteiger partial charge is 0.329 e. The van der Waals surface area contributed by atoms with E-state index in [4.69, 9.17) is 0 Å². The van der Waals surface area contributed by atoms with Crippen molar-refractivity contribution in [2.24, 2.45) is 0 Å². The lowest BCUT2D eigenvalue weighted by atomic mass is 9.82. The number of anilines is 1. The Morgan fingerprint density at radius 3 is 2.60 bits per heavy atom. The maximum absolute atomic E-state index is 12.0. The highest BCUT2D eigenvalue weighted by Gasteiger charge is 2.41. The van der Waals surface area contributed by atoms with E-state index in [9.17, 15) is 14.7 Å². The fourth-order valence-corrected chi connectivity index (χ4v) is 2.51. The van der Waals surface area contributed by atoms with Crippen LogP contribution in [-0.2, 0) is 4.79 Å². The van der Waals surface area contributed by atoms with Gasteiger partial charge in [-0.1, -0.05) is 19.3 Å². The molecule has 0 bridgehead atoms. The predicted octanol–water partition coefficient (Wildman–Crippen LogP) is 2.30. The van der Waals surface area contributed by atoms with Crippen LogP contribution >= 0.6 is 0 Å². The highest BCUT2D eigenvalue weighted by molar-refractivity contribution is 5.94. The van der Waals surface area contributed by atoms with Gasteiger partial charge < -0.3 is 15.7 Å². The number of rotatable bonds is 3. The van der Waals surface area contributed by atoms with E-state index in [1.165, 1.54) is 0 Å². The zero-order valence-electron chi connectivity index (χ0n) is 11.5. The minimum absolute atomic E-state index is 0.474. The van der Waals surface area contributed by atoms with Crippen LogP contribution in [0.5, 0.6) is 0 Å².